The largest absolute Gasteiger partial charge is 0.493 e. The summed E-state index contributed by atoms with van der Waals surface area (Å²) in [6, 6.07) is 16.8. The Kier molecular flexibility index (Phi) is 8.12. The molecule has 3 aromatic carbocycles. The standard InChI is InChI=1S/C31H30N4O6S/c1-17-10-11-20(12-24(17)41-16-28(37)32-31-33-29-18(2)8-7-9-27(29)42-31)23-15-22(34-35(23)19(3)36)21-13-25(38-4)30(40-6)26(14-21)39-5/h7-15H,16H2,1-6H3,(H,32,33,37). The van der Waals surface area contributed by atoms with E-state index in [9.17, 15) is 9.59 Å². The minimum Gasteiger partial charge on any atom is -0.493 e. The van der Waals surface area contributed by atoms with E-state index in [2.05, 4.69) is 15.4 Å². The van der Waals surface area contributed by atoms with E-state index < -0.39 is 0 Å². The van der Waals surface area contributed by atoms with Gasteiger partial charge in [-0.15, -0.1) is 0 Å². The third-order valence-corrected chi connectivity index (χ3v) is 7.61. The van der Waals surface area contributed by atoms with Crippen molar-refractivity contribution in [1.29, 1.82) is 0 Å². The molecule has 10 nitrogen and oxygen atoms in total. The van der Waals surface area contributed by atoms with E-state index >= 15 is 0 Å². The summed E-state index contributed by atoms with van der Waals surface area (Å²) in [5.41, 5.74) is 5.22. The highest BCUT2D eigenvalue weighted by Gasteiger charge is 2.20. The fourth-order valence-electron chi connectivity index (χ4n) is 4.55. The molecule has 5 aromatic rings. The highest BCUT2D eigenvalue weighted by Crippen LogP contribution is 2.41. The third kappa shape index (κ3) is 5.64. The Labute approximate surface area is 246 Å². The Morgan fingerprint density at radius 1 is 0.881 bits per heavy atom. The van der Waals surface area contributed by atoms with Crippen LogP contribution in [0.2, 0.25) is 0 Å². The molecule has 1 amide bonds. The zero-order valence-electron chi connectivity index (χ0n) is 24.1. The molecule has 5 rings (SSSR count). The Balaban J connectivity index is 1.40. The molecule has 42 heavy (non-hydrogen) atoms. The van der Waals surface area contributed by atoms with Crippen LogP contribution in [0.3, 0.4) is 0 Å². The van der Waals surface area contributed by atoms with Crippen molar-refractivity contribution in [3.8, 4) is 45.5 Å². The normalized spacial score (nSPS) is 10.9. The average Bonchev–Trinajstić information content (AvgIpc) is 3.61. The molecule has 0 aliphatic rings. The number of para-hydroxylation sites is 1. The number of amides is 1. The number of carbonyl (C=O) groups excluding carboxylic acids is 2. The zero-order chi connectivity index (χ0) is 30.0. The Morgan fingerprint density at radius 2 is 1.60 bits per heavy atom. The lowest BCUT2D eigenvalue weighted by Crippen LogP contribution is -2.20. The van der Waals surface area contributed by atoms with Crippen molar-refractivity contribution in [3.05, 3.63) is 65.7 Å². The summed E-state index contributed by atoms with van der Waals surface area (Å²) in [7, 11) is 4.61. The first-order chi connectivity index (χ1) is 20.2. The predicted octanol–water partition coefficient (Wildman–Crippen LogP) is 6.15. The van der Waals surface area contributed by atoms with Crippen LogP contribution in [0.4, 0.5) is 5.13 Å². The van der Waals surface area contributed by atoms with Crippen molar-refractivity contribution in [1.82, 2.24) is 14.8 Å². The van der Waals surface area contributed by atoms with Gasteiger partial charge in [0, 0.05) is 18.1 Å². The number of hydrogen-bond acceptors (Lipinski definition) is 9. The summed E-state index contributed by atoms with van der Waals surface area (Å²) >= 11 is 1.41. The van der Waals surface area contributed by atoms with Gasteiger partial charge >= 0.3 is 0 Å². The molecular formula is C31H30N4O6S. The summed E-state index contributed by atoms with van der Waals surface area (Å²) in [4.78, 5) is 29.8. The van der Waals surface area contributed by atoms with E-state index in [-0.39, 0.29) is 18.4 Å². The van der Waals surface area contributed by atoms with Gasteiger partial charge in [-0.1, -0.05) is 35.6 Å². The average molecular weight is 587 g/mol. The van der Waals surface area contributed by atoms with Crippen LogP contribution in [0, 0.1) is 13.8 Å². The van der Waals surface area contributed by atoms with Crippen molar-refractivity contribution in [2.45, 2.75) is 20.8 Å². The Hall–Kier alpha value is -4.90. The van der Waals surface area contributed by atoms with Gasteiger partial charge in [-0.3, -0.25) is 14.9 Å². The number of carbonyl (C=O) groups is 2. The molecule has 0 radical (unpaired) electrons. The first kappa shape index (κ1) is 28.6. The number of nitrogens with zero attached hydrogens (tertiary/aromatic N) is 3. The van der Waals surface area contributed by atoms with E-state index in [1.165, 1.54) is 44.3 Å². The van der Waals surface area contributed by atoms with Crippen LogP contribution in [0.5, 0.6) is 23.0 Å². The molecule has 0 fully saturated rings. The molecule has 0 unspecified atom stereocenters. The summed E-state index contributed by atoms with van der Waals surface area (Å²) in [5.74, 6) is 1.31. The first-order valence-electron chi connectivity index (χ1n) is 13.0. The molecular weight excluding hydrogens is 556 g/mol. The van der Waals surface area contributed by atoms with Crippen LogP contribution in [0.15, 0.2) is 54.6 Å². The van der Waals surface area contributed by atoms with Gasteiger partial charge in [-0.2, -0.15) is 9.78 Å². The summed E-state index contributed by atoms with van der Waals surface area (Å²) in [5, 5.41) is 7.90. The number of aryl methyl sites for hydroxylation is 2. The number of nitrogens with one attached hydrogen (secondary N) is 1. The van der Waals surface area contributed by atoms with E-state index in [1.807, 2.05) is 44.2 Å². The second-order valence-corrected chi connectivity index (χ2v) is 10.5. The van der Waals surface area contributed by atoms with Crippen LogP contribution in [-0.2, 0) is 4.79 Å². The fraction of sp³-hybridized carbons (Fsp3) is 0.226. The molecule has 2 aromatic heterocycles. The van der Waals surface area contributed by atoms with Gasteiger partial charge in [0.2, 0.25) is 11.7 Å². The highest BCUT2D eigenvalue weighted by molar-refractivity contribution is 7.22. The molecule has 0 aliphatic carbocycles. The minimum atomic E-state index is -0.324. The lowest BCUT2D eigenvalue weighted by atomic mass is 10.1. The number of methoxy groups -OCH3 is 3. The van der Waals surface area contributed by atoms with Crippen molar-refractivity contribution >= 4 is 38.5 Å². The van der Waals surface area contributed by atoms with Gasteiger partial charge in [0.25, 0.3) is 5.91 Å². The second-order valence-electron chi connectivity index (χ2n) is 9.52. The zero-order valence-corrected chi connectivity index (χ0v) is 24.9. The maximum Gasteiger partial charge on any atom is 0.264 e. The number of anilines is 1. The Bertz CT molecular complexity index is 1780. The second kappa shape index (κ2) is 11.9. The summed E-state index contributed by atoms with van der Waals surface area (Å²) in [6.07, 6.45) is 0. The van der Waals surface area contributed by atoms with Crippen molar-refractivity contribution in [2.75, 3.05) is 33.3 Å². The van der Waals surface area contributed by atoms with Crippen molar-refractivity contribution in [3.63, 3.8) is 0 Å². The molecule has 0 saturated heterocycles. The van der Waals surface area contributed by atoms with Crippen LogP contribution < -0.4 is 24.3 Å². The number of fused-ring (bicyclic) bond motifs is 1. The topological polar surface area (TPSA) is 114 Å². The lowest BCUT2D eigenvalue weighted by Gasteiger charge is -2.13. The SMILES string of the molecule is COc1cc(-c2cc(-c3ccc(C)c(OCC(=O)Nc4nc5c(C)cccc5s4)c3)n(C(C)=O)n2)cc(OC)c1OC. The lowest BCUT2D eigenvalue weighted by molar-refractivity contribution is -0.118. The number of aromatic nitrogens is 3. The number of ether oxygens (including phenoxy) is 4. The van der Waals surface area contributed by atoms with Gasteiger partial charge in [0.15, 0.2) is 23.2 Å². The van der Waals surface area contributed by atoms with Gasteiger partial charge in [0.05, 0.1) is 42.9 Å². The Morgan fingerprint density at radius 3 is 2.24 bits per heavy atom. The molecule has 11 heteroatoms. The van der Waals surface area contributed by atoms with E-state index in [4.69, 9.17) is 18.9 Å². The third-order valence-electron chi connectivity index (χ3n) is 6.68. The van der Waals surface area contributed by atoms with Crippen LogP contribution in [0.25, 0.3) is 32.7 Å². The molecule has 0 spiro atoms. The maximum absolute atomic E-state index is 12.7. The number of benzene rings is 3. The number of thiazole rings is 1. The van der Waals surface area contributed by atoms with Crippen molar-refractivity contribution < 1.29 is 28.5 Å². The van der Waals surface area contributed by atoms with Gasteiger partial charge in [0.1, 0.15) is 5.75 Å². The van der Waals surface area contributed by atoms with Gasteiger partial charge in [-0.05, 0) is 55.3 Å². The minimum absolute atomic E-state index is 0.206. The predicted molar refractivity (Wildman–Crippen MR) is 162 cm³/mol. The number of rotatable bonds is 9. The smallest absolute Gasteiger partial charge is 0.264 e. The van der Waals surface area contributed by atoms with Crippen LogP contribution in [0.1, 0.15) is 22.8 Å². The summed E-state index contributed by atoms with van der Waals surface area (Å²) < 4.78 is 24.6. The van der Waals surface area contributed by atoms with E-state index in [0.717, 1.165) is 21.3 Å². The van der Waals surface area contributed by atoms with Gasteiger partial charge in [-0.25, -0.2) is 4.98 Å². The highest BCUT2D eigenvalue weighted by atomic mass is 32.1. The maximum atomic E-state index is 12.7. The number of hydrogen-bond donors (Lipinski definition) is 1. The summed E-state index contributed by atoms with van der Waals surface area (Å²) in [6.45, 7) is 5.10. The van der Waals surface area contributed by atoms with Gasteiger partial charge < -0.3 is 18.9 Å². The molecule has 0 atom stereocenters. The molecule has 0 saturated carbocycles. The molecule has 216 valence electrons. The van der Waals surface area contributed by atoms with Crippen LogP contribution >= 0.6 is 11.3 Å². The quantitative estimate of drug-likeness (QED) is 0.219. The fourth-order valence-corrected chi connectivity index (χ4v) is 5.51. The molecule has 0 aliphatic heterocycles. The van der Waals surface area contributed by atoms with E-state index in [1.54, 1.807) is 24.3 Å². The molecule has 0 bridgehead atoms. The van der Waals surface area contributed by atoms with Crippen molar-refractivity contribution in [2.24, 2.45) is 0 Å². The van der Waals surface area contributed by atoms with E-state index in [0.29, 0.717) is 50.6 Å². The monoisotopic (exact) mass is 586 g/mol. The molecule has 1 N–H and O–H groups in total. The van der Waals surface area contributed by atoms with Crippen LogP contribution in [-0.4, -0.2) is 54.5 Å². The first-order valence-corrected chi connectivity index (χ1v) is 13.8. The molecule has 2 heterocycles.